The molecule has 0 aliphatic carbocycles. The number of anilines is 1. The van der Waals surface area contributed by atoms with Crippen LogP contribution in [0.25, 0.3) is 10.8 Å². The van der Waals surface area contributed by atoms with E-state index in [1.165, 1.54) is 16.7 Å². The van der Waals surface area contributed by atoms with Crippen LogP contribution < -0.4 is 5.32 Å². The van der Waals surface area contributed by atoms with Crippen molar-refractivity contribution in [3.63, 3.8) is 0 Å². The van der Waals surface area contributed by atoms with Gasteiger partial charge in [0.2, 0.25) is 5.91 Å². The molecule has 3 rings (SSSR count). The van der Waals surface area contributed by atoms with Crippen LogP contribution in [-0.4, -0.2) is 36.6 Å². The highest BCUT2D eigenvalue weighted by molar-refractivity contribution is 8.00. The lowest BCUT2D eigenvalue weighted by molar-refractivity contribution is -0.113. The van der Waals surface area contributed by atoms with Crippen LogP contribution in [-0.2, 0) is 4.79 Å². The van der Waals surface area contributed by atoms with E-state index in [1.807, 2.05) is 36.4 Å². The lowest BCUT2D eigenvalue weighted by Gasteiger charge is -2.11. The number of nitrogens with zero attached hydrogens (tertiary/aromatic N) is 1. The molecular formula is C21H19ClN2O2S. The van der Waals surface area contributed by atoms with E-state index in [0.717, 1.165) is 15.7 Å². The Morgan fingerprint density at radius 3 is 2.33 bits per heavy atom. The summed E-state index contributed by atoms with van der Waals surface area (Å²) in [6, 6.07) is 18.6. The lowest BCUT2D eigenvalue weighted by Crippen LogP contribution is -2.21. The van der Waals surface area contributed by atoms with Gasteiger partial charge in [0.25, 0.3) is 5.91 Å². The number of amides is 2. The summed E-state index contributed by atoms with van der Waals surface area (Å²) < 4.78 is 0. The van der Waals surface area contributed by atoms with Gasteiger partial charge in [0.05, 0.1) is 5.75 Å². The van der Waals surface area contributed by atoms with Crippen molar-refractivity contribution in [2.45, 2.75) is 4.90 Å². The van der Waals surface area contributed by atoms with Crippen molar-refractivity contribution in [1.82, 2.24) is 4.90 Å². The van der Waals surface area contributed by atoms with Crippen LogP contribution in [0.1, 0.15) is 10.4 Å². The summed E-state index contributed by atoms with van der Waals surface area (Å²) in [5, 5.41) is 5.54. The topological polar surface area (TPSA) is 49.4 Å². The number of carbonyl (C=O) groups excluding carboxylic acids is 2. The number of thioether (sulfide) groups is 1. The summed E-state index contributed by atoms with van der Waals surface area (Å²) in [6.07, 6.45) is 0. The summed E-state index contributed by atoms with van der Waals surface area (Å²) in [4.78, 5) is 26.7. The third-order valence-corrected chi connectivity index (χ3v) is 5.37. The van der Waals surface area contributed by atoms with E-state index < -0.39 is 0 Å². The number of fused-ring (bicyclic) bond motifs is 1. The van der Waals surface area contributed by atoms with E-state index >= 15 is 0 Å². The van der Waals surface area contributed by atoms with Gasteiger partial charge in [-0.1, -0.05) is 35.9 Å². The van der Waals surface area contributed by atoms with Gasteiger partial charge in [0, 0.05) is 40.7 Å². The van der Waals surface area contributed by atoms with E-state index in [0.29, 0.717) is 16.3 Å². The summed E-state index contributed by atoms with van der Waals surface area (Å²) in [6.45, 7) is 0. The van der Waals surface area contributed by atoms with Gasteiger partial charge in [-0.15, -0.1) is 11.8 Å². The van der Waals surface area contributed by atoms with E-state index in [2.05, 4.69) is 5.32 Å². The van der Waals surface area contributed by atoms with Crippen LogP contribution in [0, 0.1) is 0 Å². The number of halogens is 1. The van der Waals surface area contributed by atoms with Crippen molar-refractivity contribution in [1.29, 1.82) is 0 Å². The minimum Gasteiger partial charge on any atom is -0.345 e. The van der Waals surface area contributed by atoms with Crippen LogP contribution in [0.15, 0.2) is 65.6 Å². The van der Waals surface area contributed by atoms with E-state index in [4.69, 9.17) is 11.6 Å². The predicted octanol–water partition coefficient (Wildman–Crippen LogP) is 4.93. The molecule has 0 heterocycles. The molecule has 0 saturated heterocycles. The van der Waals surface area contributed by atoms with Gasteiger partial charge < -0.3 is 10.2 Å². The Kier molecular flexibility index (Phi) is 6.04. The quantitative estimate of drug-likeness (QED) is 0.620. The Morgan fingerprint density at radius 2 is 1.67 bits per heavy atom. The van der Waals surface area contributed by atoms with Crippen molar-refractivity contribution in [2.75, 3.05) is 25.2 Å². The van der Waals surface area contributed by atoms with Crippen LogP contribution in [0.5, 0.6) is 0 Å². The van der Waals surface area contributed by atoms with Crippen molar-refractivity contribution >= 4 is 51.6 Å². The largest absolute Gasteiger partial charge is 0.345 e. The molecule has 0 fully saturated rings. The highest BCUT2D eigenvalue weighted by atomic mass is 35.5. The fraction of sp³-hybridized carbons (Fsp3) is 0.143. The Balaban J connectivity index is 1.65. The second kappa shape index (κ2) is 8.46. The highest BCUT2D eigenvalue weighted by Crippen LogP contribution is 2.33. The monoisotopic (exact) mass is 398 g/mol. The molecular weight excluding hydrogens is 380 g/mol. The first-order valence-electron chi connectivity index (χ1n) is 8.37. The molecule has 3 aromatic rings. The summed E-state index contributed by atoms with van der Waals surface area (Å²) in [5.41, 5.74) is 1.24. The minimum absolute atomic E-state index is 0.0729. The van der Waals surface area contributed by atoms with Crippen LogP contribution in [0.4, 0.5) is 5.69 Å². The van der Waals surface area contributed by atoms with Gasteiger partial charge in [-0.25, -0.2) is 0 Å². The molecule has 0 spiro atoms. The number of hydrogen-bond acceptors (Lipinski definition) is 3. The van der Waals surface area contributed by atoms with E-state index in [9.17, 15) is 9.59 Å². The molecule has 27 heavy (non-hydrogen) atoms. The SMILES string of the molecule is CN(C)C(=O)c1ccc(NC(=O)CSc2cccc3cccc(Cl)c23)cc1. The summed E-state index contributed by atoms with van der Waals surface area (Å²) in [7, 11) is 3.41. The van der Waals surface area contributed by atoms with Crippen molar-refractivity contribution in [2.24, 2.45) is 0 Å². The van der Waals surface area contributed by atoms with Gasteiger partial charge >= 0.3 is 0 Å². The molecule has 0 aliphatic rings. The number of rotatable bonds is 5. The average Bonchev–Trinajstić information content (AvgIpc) is 2.66. The van der Waals surface area contributed by atoms with Gasteiger partial charge in [0.1, 0.15) is 0 Å². The molecule has 4 nitrogen and oxygen atoms in total. The number of nitrogens with one attached hydrogen (secondary N) is 1. The standard InChI is InChI=1S/C21H19ClN2O2S/c1-24(2)21(26)15-9-11-16(12-10-15)23-19(25)13-27-18-8-4-6-14-5-3-7-17(22)20(14)18/h3-12H,13H2,1-2H3,(H,23,25). The Morgan fingerprint density at radius 1 is 1.00 bits per heavy atom. The molecule has 3 aromatic carbocycles. The Labute approximate surface area is 167 Å². The smallest absolute Gasteiger partial charge is 0.253 e. The van der Waals surface area contributed by atoms with Gasteiger partial charge in [-0.05, 0) is 41.8 Å². The van der Waals surface area contributed by atoms with E-state index in [-0.39, 0.29) is 17.6 Å². The zero-order chi connectivity index (χ0) is 19.4. The van der Waals surface area contributed by atoms with Gasteiger partial charge in [-0.2, -0.15) is 0 Å². The average molecular weight is 399 g/mol. The van der Waals surface area contributed by atoms with E-state index in [1.54, 1.807) is 38.4 Å². The maximum absolute atomic E-state index is 12.3. The molecule has 6 heteroatoms. The Bertz CT molecular complexity index is 982. The molecule has 138 valence electrons. The maximum Gasteiger partial charge on any atom is 0.253 e. The minimum atomic E-state index is -0.115. The number of benzene rings is 3. The molecule has 0 aliphatic heterocycles. The molecule has 2 amide bonds. The Hall–Kier alpha value is -2.50. The van der Waals surface area contributed by atoms with Crippen molar-refractivity contribution in [3.05, 3.63) is 71.2 Å². The summed E-state index contributed by atoms with van der Waals surface area (Å²) >= 11 is 7.77. The first-order valence-corrected chi connectivity index (χ1v) is 9.73. The van der Waals surface area contributed by atoms with Gasteiger partial charge in [0.15, 0.2) is 0 Å². The predicted molar refractivity (Wildman–Crippen MR) is 113 cm³/mol. The van der Waals surface area contributed by atoms with Gasteiger partial charge in [-0.3, -0.25) is 9.59 Å². The lowest BCUT2D eigenvalue weighted by atomic mass is 10.1. The molecule has 0 radical (unpaired) electrons. The molecule has 0 aromatic heterocycles. The second-order valence-electron chi connectivity index (χ2n) is 6.21. The number of carbonyl (C=O) groups is 2. The summed E-state index contributed by atoms with van der Waals surface area (Å²) in [5.74, 6) is 0.0786. The first kappa shape index (κ1) is 19.3. The fourth-order valence-corrected chi connectivity index (χ4v) is 3.92. The molecule has 1 N–H and O–H groups in total. The van der Waals surface area contributed by atoms with Crippen LogP contribution >= 0.6 is 23.4 Å². The third kappa shape index (κ3) is 4.62. The normalized spacial score (nSPS) is 10.6. The van der Waals surface area contributed by atoms with Crippen LogP contribution in [0.2, 0.25) is 5.02 Å². The third-order valence-electron chi connectivity index (χ3n) is 4.00. The van der Waals surface area contributed by atoms with Crippen molar-refractivity contribution in [3.8, 4) is 0 Å². The van der Waals surface area contributed by atoms with Crippen LogP contribution in [0.3, 0.4) is 0 Å². The second-order valence-corrected chi connectivity index (χ2v) is 7.63. The highest BCUT2D eigenvalue weighted by Gasteiger charge is 2.10. The zero-order valence-electron chi connectivity index (χ0n) is 15.0. The fourth-order valence-electron chi connectivity index (χ4n) is 2.68. The maximum atomic E-state index is 12.3. The number of hydrogen-bond donors (Lipinski definition) is 1. The molecule has 0 saturated carbocycles. The first-order chi connectivity index (χ1) is 13.0. The molecule has 0 atom stereocenters. The molecule has 0 unspecified atom stereocenters. The zero-order valence-corrected chi connectivity index (χ0v) is 16.6. The molecule has 0 bridgehead atoms. The van der Waals surface area contributed by atoms with Crippen molar-refractivity contribution < 1.29 is 9.59 Å².